The molecule has 2 amide bonds. The van der Waals surface area contributed by atoms with E-state index in [0.717, 1.165) is 22.6 Å². The molecule has 116 valence electrons. The van der Waals surface area contributed by atoms with Crippen LogP contribution in [0, 0.1) is 0 Å². The highest BCUT2D eigenvalue weighted by Gasteiger charge is 2.56. The van der Waals surface area contributed by atoms with Crippen LogP contribution in [0.3, 0.4) is 0 Å². The number of carbonyl (C=O) groups is 1. The van der Waals surface area contributed by atoms with Crippen LogP contribution in [-0.4, -0.2) is 23.2 Å². The minimum atomic E-state index is -0.259. The van der Waals surface area contributed by atoms with E-state index in [1.165, 1.54) is 0 Å². The molecule has 1 aromatic heterocycles. The molecule has 0 bridgehead atoms. The van der Waals surface area contributed by atoms with Gasteiger partial charge in [0.05, 0.1) is 18.2 Å². The number of pyridine rings is 1. The van der Waals surface area contributed by atoms with Crippen molar-refractivity contribution in [3.63, 3.8) is 0 Å². The molecule has 3 aliphatic rings. The maximum atomic E-state index is 11.4. The Morgan fingerprint density at radius 3 is 3.17 bits per heavy atom. The number of nitrogens with zero attached hydrogens (tertiary/aromatic N) is 1. The molecule has 3 atom stereocenters. The van der Waals surface area contributed by atoms with Crippen molar-refractivity contribution in [1.29, 1.82) is 0 Å². The maximum Gasteiger partial charge on any atom is 0.320 e. The zero-order valence-corrected chi connectivity index (χ0v) is 12.1. The predicted octanol–water partition coefficient (Wildman–Crippen LogP) is 1.69. The number of nitrogens with one attached hydrogen (secondary N) is 2. The molecule has 23 heavy (non-hydrogen) atoms. The van der Waals surface area contributed by atoms with Gasteiger partial charge in [-0.15, -0.1) is 0 Å². The Morgan fingerprint density at radius 2 is 2.26 bits per heavy atom. The van der Waals surface area contributed by atoms with Gasteiger partial charge in [-0.05, 0) is 24.3 Å². The Kier molecular flexibility index (Phi) is 2.41. The fourth-order valence-corrected chi connectivity index (χ4v) is 3.24. The van der Waals surface area contributed by atoms with Gasteiger partial charge < -0.3 is 20.5 Å². The third-order valence-electron chi connectivity index (χ3n) is 4.51. The molecule has 2 aromatic rings. The number of aromatic nitrogens is 1. The van der Waals surface area contributed by atoms with E-state index in [-0.39, 0.29) is 24.1 Å². The van der Waals surface area contributed by atoms with Crippen LogP contribution in [-0.2, 0) is 6.54 Å². The number of hydrogen-bond acceptors (Lipinski definition) is 5. The Bertz CT molecular complexity index is 838. The second-order valence-electron chi connectivity index (χ2n) is 5.93. The third-order valence-corrected chi connectivity index (χ3v) is 4.51. The molecule has 0 saturated heterocycles. The zero-order valence-electron chi connectivity index (χ0n) is 12.1. The van der Waals surface area contributed by atoms with E-state index in [4.69, 9.17) is 15.2 Å². The highest BCUT2D eigenvalue weighted by molar-refractivity contribution is 5.91. The quantitative estimate of drug-likeness (QED) is 0.784. The molecule has 5 rings (SSSR count). The lowest BCUT2D eigenvalue weighted by molar-refractivity contribution is 0.250. The molecule has 4 N–H and O–H groups in total. The normalized spacial score (nSPS) is 26.1. The maximum absolute atomic E-state index is 11.4. The first kappa shape index (κ1) is 12.7. The number of amides is 2. The Labute approximate surface area is 131 Å². The molecule has 7 heteroatoms. The first-order valence-corrected chi connectivity index (χ1v) is 7.47. The van der Waals surface area contributed by atoms with Crippen LogP contribution in [0.2, 0.25) is 0 Å². The lowest BCUT2D eigenvalue weighted by Crippen LogP contribution is -2.34. The number of ether oxygens (including phenoxy) is 2. The summed E-state index contributed by atoms with van der Waals surface area (Å²) < 4.78 is 11.8. The predicted molar refractivity (Wildman–Crippen MR) is 81.7 cm³/mol. The molecule has 1 saturated carbocycles. The van der Waals surface area contributed by atoms with E-state index in [1.807, 2.05) is 18.2 Å². The largest absolute Gasteiger partial charge is 0.488 e. The lowest BCUT2D eigenvalue weighted by Gasteiger charge is -2.20. The second-order valence-corrected chi connectivity index (χ2v) is 5.93. The molecule has 0 spiro atoms. The van der Waals surface area contributed by atoms with Crippen molar-refractivity contribution < 1.29 is 14.3 Å². The van der Waals surface area contributed by atoms with Crippen molar-refractivity contribution >= 4 is 11.8 Å². The van der Waals surface area contributed by atoms with Gasteiger partial charge in [-0.1, -0.05) is 0 Å². The highest BCUT2D eigenvalue weighted by Crippen LogP contribution is 2.53. The molecule has 3 unspecified atom stereocenters. The van der Waals surface area contributed by atoms with Gasteiger partial charge in [-0.3, -0.25) is 5.32 Å². The summed E-state index contributed by atoms with van der Waals surface area (Å²) in [6.07, 6.45) is 1.73. The molecule has 2 aliphatic heterocycles. The van der Waals surface area contributed by atoms with E-state index in [0.29, 0.717) is 18.1 Å². The van der Waals surface area contributed by atoms with Gasteiger partial charge in [0.15, 0.2) is 0 Å². The molecule has 1 aromatic carbocycles. The van der Waals surface area contributed by atoms with Crippen LogP contribution < -0.4 is 25.8 Å². The van der Waals surface area contributed by atoms with E-state index in [2.05, 4.69) is 15.6 Å². The van der Waals surface area contributed by atoms with E-state index < -0.39 is 0 Å². The molecule has 0 radical (unpaired) electrons. The number of benzene rings is 1. The highest BCUT2D eigenvalue weighted by atomic mass is 16.5. The first-order chi connectivity index (χ1) is 11.2. The van der Waals surface area contributed by atoms with E-state index in [9.17, 15) is 4.79 Å². The summed E-state index contributed by atoms with van der Waals surface area (Å²) in [5.41, 5.74) is 7.90. The first-order valence-electron chi connectivity index (χ1n) is 7.47. The standard InChI is InChI=1S/C16H14N4O3/c17-13-12-8-5-7(1-2-10(8)23-14(12)13)22-11-3-4-18-15-9(11)6-19-16(21)20-15/h1-5,12-14H,6,17H2,(H2,18,19,20,21). The van der Waals surface area contributed by atoms with Crippen molar-refractivity contribution in [3.05, 3.63) is 41.6 Å². The van der Waals surface area contributed by atoms with Gasteiger partial charge in [0, 0.05) is 17.7 Å². The monoisotopic (exact) mass is 310 g/mol. The number of carbonyl (C=O) groups excluding carboxylic acids is 1. The fraction of sp³-hybridized carbons (Fsp3) is 0.250. The minimum absolute atomic E-state index is 0.0887. The summed E-state index contributed by atoms with van der Waals surface area (Å²) in [7, 11) is 0. The molecule has 3 heterocycles. The van der Waals surface area contributed by atoms with Gasteiger partial charge in [-0.2, -0.15) is 0 Å². The van der Waals surface area contributed by atoms with Crippen molar-refractivity contribution in [3.8, 4) is 17.2 Å². The Hall–Kier alpha value is -2.80. The number of rotatable bonds is 2. The molecular weight excluding hydrogens is 296 g/mol. The second kappa shape index (κ2) is 4.36. The smallest absolute Gasteiger partial charge is 0.320 e. The molecule has 1 aliphatic carbocycles. The zero-order chi connectivity index (χ0) is 15.6. The average Bonchev–Trinajstić information content (AvgIpc) is 3.02. The lowest BCUT2D eigenvalue weighted by atomic mass is 10.1. The van der Waals surface area contributed by atoms with Gasteiger partial charge in [0.1, 0.15) is 29.2 Å². The van der Waals surface area contributed by atoms with Crippen LogP contribution in [0.4, 0.5) is 10.6 Å². The van der Waals surface area contributed by atoms with Crippen molar-refractivity contribution in [1.82, 2.24) is 10.3 Å². The summed E-state index contributed by atoms with van der Waals surface area (Å²) in [6, 6.07) is 7.38. The van der Waals surface area contributed by atoms with Crippen LogP contribution in [0.1, 0.15) is 17.0 Å². The van der Waals surface area contributed by atoms with Crippen LogP contribution >= 0.6 is 0 Å². The Morgan fingerprint density at radius 1 is 1.35 bits per heavy atom. The van der Waals surface area contributed by atoms with Gasteiger partial charge in [0.2, 0.25) is 0 Å². The number of nitrogens with two attached hydrogens (primary N) is 1. The van der Waals surface area contributed by atoms with E-state index >= 15 is 0 Å². The summed E-state index contributed by atoms with van der Waals surface area (Å²) in [6.45, 7) is 0.383. The summed E-state index contributed by atoms with van der Waals surface area (Å²) in [5.74, 6) is 3.08. The van der Waals surface area contributed by atoms with Crippen molar-refractivity contribution in [2.24, 2.45) is 5.73 Å². The van der Waals surface area contributed by atoms with Crippen LogP contribution in [0.15, 0.2) is 30.5 Å². The van der Waals surface area contributed by atoms with Gasteiger partial charge in [-0.25, -0.2) is 9.78 Å². The molecular formula is C16H14N4O3. The van der Waals surface area contributed by atoms with Crippen molar-refractivity contribution in [2.75, 3.05) is 5.32 Å². The van der Waals surface area contributed by atoms with Crippen LogP contribution in [0.25, 0.3) is 0 Å². The van der Waals surface area contributed by atoms with E-state index in [1.54, 1.807) is 12.3 Å². The Balaban J connectivity index is 1.47. The SMILES string of the molecule is NC1C2Oc3ccc(Oc4ccnc5c4CNC(=O)N5)cc3C12. The number of fused-ring (bicyclic) bond motifs is 4. The fourth-order valence-electron chi connectivity index (χ4n) is 3.24. The topological polar surface area (TPSA) is 98.5 Å². The van der Waals surface area contributed by atoms with Crippen LogP contribution in [0.5, 0.6) is 17.2 Å². The van der Waals surface area contributed by atoms with Crippen molar-refractivity contribution in [2.45, 2.75) is 24.6 Å². The minimum Gasteiger partial charge on any atom is -0.488 e. The third kappa shape index (κ3) is 1.86. The molecule has 1 fully saturated rings. The average molecular weight is 310 g/mol. The summed E-state index contributed by atoms with van der Waals surface area (Å²) >= 11 is 0. The number of anilines is 1. The van der Waals surface area contributed by atoms with Gasteiger partial charge in [0.25, 0.3) is 0 Å². The summed E-state index contributed by atoms with van der Waals surface area (Å²) in [5, 5.41) is 5.39. The van der Waals surface area contributed by atoms with Gasteiger partial charge >= 0.3 is 6.03 Å². The summed E-state index contributed by atoms with van der Waals surface area (Å²) in [4.78, 5) is 15.5. The number of urea groups is 1. The number of hydrogen-bond donors (Lipinski definition) is 3. The molecule has 7 nitrogen and oxygen atoms in total.